The van der Waals surface area contributed by atoms with E-state index >= 15 is 0 Å². The molecular weight excluding hydrogens is 197 g/mol. The van der Waals surface area contributed by atoms with Gasteiger partial charge in [0.1, 0.15) is 6.04 Å². The predicted molar refractivity (Wildman–Crippen MR) is 30.4 cm³/mol. The summed E-state index contributed by atoms with van der Waals surface area (Å²) in [7, 11) is 0. The van der Waals surface area contributed by atoms with E-state index in [4.69, 9.17) is 10.8 Å². The molecule has 0 saturated heterocycles. The second-order valence-corrected chi connectivity index (χ2v) is 2.11. The van der Waals surface area contributed by atoms with Crippen LogP contribution >= 0.6 is 0 Å². The minimum atomic E-state index is -0.931. The molecule has 0 amide bonds. The Balaban J connectivity index is 0. The molecule has 1 unspecified atom stereocenters. The monoisotopic (exact) mass is 207 g/mol. The Bertz CT molecular complexity index is 95.0. The van der Waals surface area contributed by atoms with Crippen molar-refractivity contribution in [2.45, 2.75) is 19.9 Å². The summed E-state index contributed by atoms with van der Waals surface area (Å²) in [4.78, 5) is 10.0. The fraction of sp³-hybridized carbons (Fsp3) is 0.800. The molecule has 0 aromatic rings. The molecular formula is C5H11NO2Zr. The molecule has 0 aromatic carbocycles. The maximum atomic E-state index is 10.0. The van der Waals surface area contributed by atoms with Crippen molar-refractivity contribution in [2.24, 2.45) is 11.7 Å². The molecule has 0 bridgehead atoms. The molecule has 52 valence electrons. The van der Waals surface area contributed by atoms with E-state index in [0.29, 0.717) is 0 Å². The van der Waals surface area contributed by atoms with Crippen molar-refractivity contribution in [3.05, 3.63) is 0 Å². The zero-order chi connectivity index (χ0) is 6.73. The Labute approximate surface area is 73.7 Å². The van der Waals surface area contributed by atoms with Crippen LogP contribution in [-0.2, 0) is 31.0 Å². The third-order valence-corrected chi connectivity index (χ3v) is 1.00. The van der Waals surface area contributed by atoms with Gasteiger partial charge in [0.2, 0.25) is 0 Å². The van der Waals surface area contributed by atoms with Gasteiger partial charge in [-0.1, -0.05) is 13.8 Å². The van der Waals surface area contributed by atoms with Gasteiger partial charge in [0, 0.05) is 26.2 Å². The molecule has 0 aliphatic rings. The molecule has 0 saturated carbocycles. The average Bonchev–Trinajstić information content (AvgIpc) is 1.64. The van der Waals surface area contributed by atoms with E-state index in [-0.39, 0.29) is 32.1 Å². The quantitative estimate of drug-likeness (QED) is 0.674. The van der Waals surface area contributed by atoms with Crippen molar-refractivity contribution >= 4 is 5.97 Å². The van der Waals surface area contributed by atoms with Gasteiger partial charge in [0.25, 0.3) is 0 Å². The number of nitrogens with two attached hydrogens (primary N) is 1. The van der Waals surface area contributed by atoms with Gasteiger partial charge < -0.3 is 10.8 Å². The molecule has 0 heterocycles. The minimum absolute atomic E-state index is 0. The van der Waals surface area contributed by atoms with Crippen LogP contribution in [0, 0.1) is 5.92 Å². The summed E-state index contributed by atoms with van der Waals surface area (Å²) < 4.78 is 0. The SMILES string of the molecule is CC(C)C(N)C(=O)O.[Zr]. The van der Waals surface area contributed by atoms with Crippen LogP contribution in [0.5, 0.6) is 0 Å². The van der Waals surface area contributed by atoms with Crippen LogP contribution in [0.25, 0.3) is 0 Å². The molecule has 0 radical (unpaired) electrons. The molecule has 0 fully saturated rings. The van der Waals surface area contributed by atoms with Crippen LogP contribution in [0.2, 0.25) is 0 Å². The summed E-state index contributed by atoms with van der Waals surface area (Å²) in [5, 5.41) is 8.23. The van der Waals surface area contributed by atoms with E-state index in [2.05, 4.69) is 0 Å². The molecule has 4 heteroatoms. The molecule has 0 aliphatic carbocycles. The second kappa shape index (κ2) is 5.13. The fourth-order valence-electron chi connectivity index (χ4n) is 0.285. The maximum Gasteiger partial charge on any atom is 0.320 e. The van der Waals surface area contributed by atoms with Crippen molar-refractivity contribution in [2.75, 3.05) is 0 Å². The van der Waals surface area contributed by atoms with Gasteiger partial charge in [-0.2, -0.15) is 0 Å². The predicted octanol–water partition coefficient (Wildman–Crippen LogP) is 0.0518. The topological polar surface area (TPSA) is 63.3 Å². The van der Waals surface area contributed by atoms with Crippen molar-refractivity contribution in [3.63, 3.8) is 0 Å². The maximum absolute atomic E-state index is 10.0. The first-order valence-electron chi connectivity index (χ1n) is 2.54. The smallest absolute Gasteiger partial charge is 0.320 e. The van der Waals surface area contributed by atoms with E-state index in [1.807, 2.05) is 0 Å². The molecule has 0 rings (SSSR count). The number of rotatable bonds is 2. The van der Waals surface area contributed by atoms with E-state index in [1.54, 1.807) is 13.8 Å². The van der Waals surface area contributed by atoms with E-state index < -0.39 is 12.0 Å². The van der Waals surface area contributed by atoms with Crippen LogP contribution < -0.4 is 5.73 Å². The number of hydrogen-bond donors (Lipinski definition) is 2. The average molecular weight is 208 g/mol. The summed E-state index contributed by atoms with van der Waals surface area (Å²) in [5.41, 5.74) is 5.16. The van der Waals surface area contributed by atoms with Crippen molar-refractivity contribution in [1.82, 2.24) is 0 Å². The van der Waals surface area contributed by atoms with Gasteiger partial charge >= 0.3 is 5.97 Å². The number of carbonyl (C=O) groups is 1. The Kier molecular flexibility index (Phi) is 6.85. The standard InChI is InChI=1S/C5H11NO2.Zr/c1-3(2)4(6)5(7)8;/h3-4H,6H2,1-2H3,(H,7,8);. The molecule has 1 atom stereocenters. The van der Waals surface area contributed by atoms with Crippen molar-refractivity contribution in [1.29, 1.82) is 0 Å². The number of hydrogen-bond acceptors (Lipinski definition) is 2. The molecule has 0 spiro atoms. The second-order valence-electron chi connectivity index (χ2n) is 2.11. The summed E-state index contributed by atoms with van der Waals surface area (Å²) in [6, 6.07) is -0.713. The molecule has 9 heavy (non-hydrogen) atoms. The largest absolute Gasteiger partial charge is 0.480 e. The molecule has 3 nitrogen and oxygen atoms in total. The first kappa shape index (κ1) is 12.0. The summed E-state index contributed by atoms with van der Waals surface area (Å²) in [5.74, 6) is -0.910. The Morgan fingerprint density at radius 3 is 1.89 bits per heavy atom. The van der Waals surface area contributed by atoms with Gasteiger partial charge in [0.15, 0.2) is 0 Å². The third-order valence-electron chi connectivity index (χ3n) is 1.00. The Hall–Kier alpha value is 0.313. The van der Waals surface area contributed by atoms with Gasteiger partial charge in [0.05, 0.1) is 0 Å². The zero-order valence-electron chi connectivity index (χ0n) is 5.59. The molecule has 0 aromatic heterocycles. The van der Waals surface area contributed by atoms with Crippen molar-refractivity contribution in [3.8, 4) is 0 Å². The van der Waals surface area contributed by atoms with E-state index in [9.17, 15) is 4.79 Å². The number of carboxylic acid groups (broad SMARTS) is 1. The molecule has 0 aliphatic heterocycles. The van der Waals surface area contributed by atoms with Gasteiger partial charge in [-0.15, -0.1) is 0 Å². The van der Waals surface area contributed by atoms with Gasteiger partial charge in [-0.3, -0.25) is 4.79 Å². The normalized spacial score (nSPS) is 12.4. The summed E-state index contributed by atoms with van der Waals surface area (Å²) >= 11 is 0. The van der Waals surface area contributed by atoms with Crippen LogP contribution in [0.4, 0.5) is 0 Å². The first-order valence-corrected chi connectivity index (χ1v) is 2.54. The van der Waals surface area contributed by atoms with Crippen molar-refractivity contribution < 1.29 is 36.1 Å². The van der Waals surface area contributed by atoms with E-state index in [0.717, 1.165) is 0 Å². The van der Waals surface area contributed by atoms with Crippen LogP contribution in [0.3, 0.4) is 0 Å². The minimum Gasteiger partial charge on any atom is -0.480 e. The van der Waals surface area contributed by atoms with Gasteiger partial charge in [-0.05, 0) is 5.92 Å². The van der Waals surface area contributed by atoms with Gasteiger partial charge in [-0.25, -0.2) is 0 Å². The zero-order valence-corrected chi connectivity index (χ0v) is 8.05. The van der Waals surface area contributed by atoms with Crippen LogP contribution in [0.15, 0.2) is 0 Å². The number of aliphatic carboxylic acids is 1. The summed E-state index contributed by atoms with van der Waals surface area (Å²) in [6.45, 7) is 3.55. The third kappa shape index (κ3) is 4.79. The number of carboxylic acids is 1. The fourth-order valence-corrected chi connectivity index (χ4v) is 0.285. The Morgan fingerprint density at radius 2 is 1.89 bits per heavy atom. The van der Waals surface area contributed by atoms with Crippen LogP contribution in [-0.4, -0.2) is 17.1 Å². The molecule has 3 N–H and O–H groups in total. The summed E-state index contributed by atoms with van der Waals surface area (Å²) in [6.07, 6.45) is 0. The van der Waals surface area contributed by atoms with Crippen LogP contribution in [0.1, 0.15) is 13.8 Å². The Morgan fingerprint density at radius 1 is 1.56 bits per heavy atom. The first-order chi connectivity index (χ1) is 3.55. The van der Waals surface area contributed by atoms with E-state index in [1.165, 1.54) is 0 Å².